The van der Waals surface area contributed by atoms with Gasteiger partial charge in [-0.05, 0) is 18.6 Å². The predicted octanol–water partition coefficient (Wildman–Crippen LogP) is 2.31. The average Bonchev–Trinajstić information content (AvgIpc) is 2.84. The maximum atomic E-state index is 12.1. The number of carbonyl (C=O) groups is 1. The van der Waals surface area contributed by atoms with E-state index in [0.29, 0.717) is 12.1 Å². The molecular weight excluding hydrogens is 296 g/mol. The van der Waals surface area contributed by atoms with Crippen LogP contribution in [0.3, 0.4) is 0 Å². The SMILES string of the molecule is Cc1c(CN(C)C(=O)/C=C/c2cccc([N+](=O)[O-])c2)cnn1C. The molecule has 1 aromatic carbocycles. The largest absolute Gasteiger partial charge is 0.338 e. The maximum Gasteiger partial charge on any atom is 0.270 e. The molecule has 0 aliphatic rings. The van der Waals surface area contributed by atoms with E-state index < -0.39 is 4.92 Å². The third kappa shape index (κ3) is 4.03. The number of hydrogen-bond donors (Lipinski definition) is 0. The fourth-order valence-electron chi connectivity index (χ4n) is 2.07. The fraction of sp³-hybridized carbons (Fsp3) is 0.250. The lowest BCUT2D eigenvalue weighted by atomic mass is 10.2. The van der Waals surface area contributed by atoms with E-state index >= 15 is 0 Å². The Morgan fingerprint density at radius 3 is 2.83 bits per heavy atom. The minimum Gasteiger partial charge on any atom is -0.338 e. The van der Waals surface area contributed by atoms with E-state index in [2.05, 4.69) is 5.10 Å². The molecular formula is C16H18N4O3. The van der Waals surface area contributed by atoms with Crippen LogP contribution in [0.25, 0.3) is 6.08 Å². The summed E-state index contributed by atoms with van der Waals surface area (Å²) in [5.74, 6) is -0.181. The molecule has 0 unspecified atom stereocenters. The molecule has 1 heterocycles. The summed E-state index contributed by atoms with van der Waals surface area (Å²) in [4.78, 5) is 24.0. The Labute approximate surface area is 134 Å². The zero-order chi connectivity index (χ0) is 17.0. The van der Waals surface area contributed by atoms with Gasteiger partial charge in [0.25, 0.3) is 5.69 Å². The number of carbonyl (C=O) groups excluding carboxylic acids is 1. The Kier molecular flexibility index (Phi) is 4.90. The lowest BCUT2D eigenvalue weighted by Crippen LogP contribution is -2.24. The minimum atomic E-state index is -0.462. The number of aromatic nitrogens is 2. The van der Waals surface area contributed by atoms with Crippen molar-refractivity contribution in [1.29, 1.82) is 0 Å². The van der Waals surface area contributed by atoms with Crippen molar-refractivity contribution >= 4 is 17.7 Å². The highest BCUT2D eigenvalue weighted by atomic mass is 16.6. The van der Waals surface area contributed by atoms with Crippen LogP contribution < -0.4 is 0 Å². The van der Waals surface area contributed by atoms with Crippen molar-refractivity contribution in [2.75, 3.05) is 7.05 Å². The average molecular weight is 314 g/mol. The summed E-state index contributed by atoms with van der Waals surface area (Å²) < 4.78 is 1.76. The van der Waals surface area contributed by atoms with Gasteiger partial charge >= 0.3 is 0 Å². The topological polar surface area (TPSA) is 81.3 Å². The highest BCUT2D eigenvalue weighted by molar-refractivity contribution is 5.91. The first-order chi connectivity index (χ1) is 10.9. The van der Waals surface area contributed by atoms with Crippen LogP contribution in [0, 0.1) is 17.0 Å². The Bertz CT molecular complexity index is 764. The van der Waals surface area contributed by atoms with Crippen molar-refractivity contribution in [3.05, 3.63) is 63.5 Å². The summed E-state index contributed by atoms with van der Waals surface area (Å²) in [7, 11) is 3.55. The van der Waals surface area contributed by atoms with E-state index in [1.165, 1.54) is 18.2 Å². The number of rotatable bonds is 5. The van der Waals surface area contributed by atoms with Gasteiger partial charge < -0.3 is 4.90 Å². The van der Waals surface area contributed by atoms with Gasteiger partial charge in [0.2, 0.25) is 5.91 Å². The number of nitro benzene ring substituents is 1. The smallest absolute Gasteiger partial charge is 0.270 e. The van der Waals surface area contributed by atoms with Gasteiger partial charge in [0.15, 0.2) is 0 Å². The van der Waals surface area contributed by atoms with Crippen molar-refractivity contribution < 1.29 is 9.72 Å². The second-order valence-electron chi connectivity index (χ2n) is 5.26. The van der Waals surface area contributed by atoms with Crippen LogP contribution in [0.4, 0.5) is 5.69 Å². The van der Waals surface area contributed by atoms with Crippen LogP contribution in [0.2, 0.25) is 0 Å². The molecule has 7 heteroatoms. The molecule has 0 saturated carbocycles. The van der Waals surface area contributed by atoms with Crippen LogP contribution >= 0.6 is 0 Å². The third-order valence-corrected chi connectivity index (χ3v) is 3.62. The number of aryl methyl sites for hydroxylation is 1. The van der Waals surface area contributed by atoms with Crippen molar-refractivity contribution in [2.45, 2.75) is 13.5 Å². The normalized spacial score (nSPS) is 10.9. The van der Waals surface area contributed by atoms with Crippen LogP contribution in [-0.2, 0) is 18.4 Å². The number of amides is 1. The van der Waals surface area contributed by atoms with E-state index in [0.717, 1.165) is 11.3 Å². The summed E-state index contributed by atoms with van der Waals surface area (Å²) in [5.41, 5.74) is 2.59. The van der Waals surface area contributed by atoms with Crippen LogP contribution in [0.5, 0.6) is 0 Å². The van der Waals surface area contributed by atoms with Gasteiger partial charge in [-0.25, -0.2) is 0 Å². The minimum absolute atomic E-state index is 0.000983. The molecule has 7 nitrogen and oxygen atoms in total. The first kappa shape index (κ1) is 16.4. The molecule has 0 radical (unpaired) electrons. The molecule has 120 valence electrons. The standard InChI is InChI=1S/C16H18N4O3/c1-12-14(10-17-19(12)3)11-18(2)16(21)8-7-13-5-4-6-15(9-13)20(22)23/h4-10H,11H2,1-3H3/b8-7+. The van der Waals surface area contributed by atoms with Crippen LogP contribution in [-0.4, -0.2) is 32.6 Å². The molecule has 23 heavy (non-hydrogen) atoms. The Morgan fingerprint density at radius 2 is 2.22 bits per heavy atom. The molecule has 1 aromatic heterocycles. The molecule has 0 bridgehead atoms. The predicted molar refractivity (Wildman–Crippen MR) is 86.5 cm³/mol. The molecule has 0 aliphatic carbocycles. The van der Waals surface area contributed by atoms with E-state index in [-0.39, 0.29) is 11.6 Å². The monoisotopic (exact) mass is 314 g/mol. The van der Waals surface area contributed by atoms with Crippen molar-refractivity contribution in [1.82, 2.24) is 14.7 Å². The first-order valence-electron chi connectivity index (χ1n) is 7.03. The third-order valence-electron chi connectivity index (χ3n) is 3.62. The zero-order valence-corrected chi connectivity index (χ0v) is 13.3. The Balaban J connectivity index is 2.04. The number of nitrogens with zero attached hydrogens (tertiary/aromatic N) is 4. The second kappa shape index (κ2) is 6.87. The van der Waals surface area contributed by atoms with Gasteiger partial charge in [-0.15, -0.1) is 0 Å². The van der Waals surface area contributed by atoms with Crippen LogP contribution in [0.15, 0.2) is 36.5 Å². The number of nitro groups is 1. The summed E-state index contributed by atoms with van der Waals surface area (Å²) in [6.45, 7) is 2.40. The number of benzene rings is 1. The zero-order valence-electron chi connectivity index (χ0n) is 13.3. The van der Waals surface area contributed by atoms with Crippen molar-refractivity contribution in [2.24, 2.45) is 7.05 Å². The molecule has 0 saturated heterocycles. The molecule has 0 atom stereocenters. The number of likely N-dealkylation sites (N-methyl/N-ethyl adjacent to an activating group) is 1. The summed E-state index contributed by atoms with van der Waals surface area (Å²) in [6.07, 6.45) is 4.72. The molecule has 0 aliphatic heterocycles. The van der Waals surface area contributed by atoms with Gasteiger partial charge in [0.05, 0.1) is 11.1 Å². The lowest BCUT2D eigenvalue weighted by Gasteiger charge is -2.14. The summed E-state index contributed by atoms with van der Waals surface area (Å²) in [5, 5.41) is 14.9. The quantitative estimate of drug-likeness (QED) is 0.482. The molecule has 2 aromatic rings. The van der Waals surface area contributed by atoms with Gasteiger partial charge in [-0.3, -0.25) is 19.6 Å². The maximum absolute atomic E-state index is 12.1. The van der Waals surface area contributed by atoms with E-state index in [1.54, 1.807) is 41.0 Å². The molecule has 0 N–H and O–H groups in total. The van der Waals surface area contributed by atoms with Gasteiger partial charge in [-0.2, -0.15) is 5.10 Å². The second-order valence-corrected chi connectivity index (χ2v) is 5.26. The van der Waals surface area contributed by atoms with Crippen molar-refractivity contribution in [3.63, 3.8) is 0 Å². The van der Waals surface area contributed by atoms with Gasteiger partial charge in [0, 0.05) is 50.1 Å². The van der Waals surface area contributed by atoms with E-state index in [9.17, 15) is 14.9 Å². The fourth-order valence-corrected chi connectivity index (χ4v) is 2.07. The van der Waals surface area contributed by atoms with Crippen LogP contribution in [0.1, 0.15) is 16.8 Å². The Hall–Kier alpha value is -2.96. The van der Waals surface area contributed by atoms with E-state index in [1.807, 2.05) is 14.0 Å². The lowest BCUT2D eigenvalue weighted by molar-refractivity contribution is -0.384. The van der Waals surface area contributed by atoms with E-state index in [4.69, 9.17) is 0 Å². The molecule has 1 amide bonds. The highest BCUT2D eigenvalue weighted by Gasteiger charge is 2.10. The van der Waals surface area contributed by atoms with Gasteiger partial charge in [0.1, 0.15) is 0 Å². The van der Waals surface area contributed by atoms with Crippen molar-refractivity contribution in [3.8, 4) is 0 Å². The number of hydrogen-bond acceptors (Lipinski definition) is 4. The molecule has 2 rings (SSSR count). The highest BCUT2D eigenvalue weighted by Crippen LogP contribution is 2.14. The molecule has 0 spiro atoms. The number of non-ortho nitro benzene ring substituents is 1. The first-order valence-corrected chi connectivity index (χ1v) is 7.03. The Morgan fingerprint density at radius 1 is 1.48 bits per heavy atom. The molecule has 0 fully saturated rings. The summed E-state index contributed by atoms with van der Waals surface area (Å²) >= 11 is 0. The van der Waals surface area contributed by atoms with Gasteiger partial charge in [-0.1, -0.05) is 12.1 Å². The summed E-state index contributed by atoms with van der Waals surface area (Å²) in [6, 6.07) is 6.14.